The van der Waals surface area contributed by atoms with Crippen molar-refractivity contribution < 1.29 is 13.6 Å². The van der Waals surface area contributed by atoms with Gasteiger partial charge in [-0.05, 0) is 67.9 Å². The van der Waals surface area contributed by atoms with Crippen molar-refractivity contribution in [3.05, 3.63) is 70.8 Å². The SMILES string of the molecule is Cc1ccc(F)c(C(=O)N2CCC3(CC2)CCN(C(=S)NC(C)c2ccccc2)C3)c1F. The smallest absolute Gasteiger partial charge is 0.259 e. The number of carbonyl (C=O) groups excluding carboxylic acids is 1. The summed E-state index contributed by atoms with van der Waals surface area (Å²) in [5, 5.41) is 4.19. The molecule has 2 aromatic carbocycles. The lowest BCUT2D eigenvalue weighted by atomic mass is 9.77. The molecule has 1 N–H and O–H groups in total. The van der Waals surface area contributed by atoms with E-state index in [4.69, 9.17) is 12.2 Å². The lowest BCUT2D eigenvalue weighted by Gasteiger charge is -2.39. The maximum Gasteiger partial charge on any atom is 0.259 e. The quantitative estimate of drug-likeness (QED) is 0.670. The van der Waals surface area contributed by atoms with E-state index in [-0.39, 0.29) is 17.0 Å². The Morgan fingerprint density at radius 2 is 1.66 bits per heavy atom. The zero-order valence-corrected chi connectivity index (χ0v) is 19.4. The van der Waals surface area contributed by atoms with Crippen LogP contribution in [0.25, 0.3) is 0 Å². The van der Waals surface area contributed by atoms with Gasteiger partial charge in [-0.25, -0.2) is 8.78 Å². The molecule has 1 amide bonds. The van der Waals surface area contributed by atoms with Crippen molar-refractivity contribution in [3.8, 4) is 0 Å². The lowest BCUT2D eigenvalue weighted by Crippen LogP contribution is -2.46. The van der Waals surface area contributed by atoms with Crippen molar-refractivity contribution in [1.82, 2.24) is 15.1 Å². The minimum atomic E-state index is -0.797. The van der Waals surface area contributed by atoms with Gasteiger partial charge in [0.1, 0.15) is 17.2 Å². The summed E-state index contributed by atoms with van der Waals surface area (Å²) < 4.78 is 28.6. The Balaban J connectivity index is 1.35. The van der Waals surface area contributed by atoms with Crippen molar-refractivity contribution >= 4 is 23.2 Å². The fraction of sp³-hybridized carbons (Fsp3) is 0.440. The molecule has 1 unspecified atom stereocenters. The number of aryl methyl sites for hydroxylation is 1. The summed E-state index contributed by atoms with van der Waals surface area (Å²) in [5.41, 5.74) is 1.11. The van der Waals surface area contributed by atoms with E-state index in [9.17, 15) is 13.6 Å². The molecule has 0 saturated carbocycles. The van der Waals surface area contributed by atoms with Crippen molar-refractivity contribution in [2.24, 2.45) is 5.41 Å². The molecule has 2 aromatic rings. The first-order valence-corrected chi connectivity index (χ1v) is 11.5. The molecule has 4 nitrogen and oxygen atoms in total. The molecule has 2 saturated heterocycles. The highest BCUT2D eigenvalue weighted by molar-refractivity contribution is 7.80. The molecular formula is C25H29F2N3OS. The van der Waals surface area contributed by atoms with Crippen LogP contribution in [0.2, 0.25) is 0 Å². The number of likely N-dealkylation sites (tertiary alicyclic amines) is 2. The summed E-state index contributed by atoms with van der Waals surface area (Å²) >= 11 is 5.68. The third-order valence-electron chi connectivity index (χ3n) is 6.97. The molecule has 0 aromatic heterocycles. The van der Waals surface area contributed by atoms with Crippen LogP contribution >= 0.6 is 12.2 Å². The molecule has 2 heterocycles. The first kappa shape index (κ1) is 22.6. The van der Waals surface area contributed by atoms with Crippen molar-refractivity contribution in [3.63, 3.8) is 0 Å². The average Bonchev–Trinajstić information content (AvgIpc) is 3.21. The van der Waals surface area contributed by atoms with Crippen LogP contribution in [-0.2, 0) is 0 Å². The summed E-state index contributed by atoms with van der Waals surface area (Å²) in [5.74, 6) is -2.11. The van der Waals surface area contributed by atoms with Gasteiger partial charge in [-0.3, -0.25) is 4.79 Å². The first-order chi connectivity index (χ1) is 15.3. The Hall–Kier alpha value is -2.54. The molecule has 0 aliphatic carbocycles. The van der Waals surface area contributed by atoms with E-state index in [1.165, 1.54) is 11.6 Å². The summed E-state index contributed by atoms with van der Waals surface area (Å²) in [6.45, 7) is 6.36. The van der Waals surface area contributed by atoms with Gasteiger partial charge in [0.15, 0.2) is 5.11 Å². The van der Waals surface area contributed by atoms with Crippen LogP contribution in [0, 0.1) is 24.0 Å². The summed E-state index contributed by atoms with van der Waals surface area (Å²) in [6, 6.07) is 12.8. The minimum Gasteiger partial charge on any atom is -0.356 e. The molecule has 2 fully saturated rings. The largest absolute Gasteiger partial charge is 0.356 e. The molecule has 0 bridgehead atoms. The molecule has 1 spiro atoms. The highest BCUT2D eigenvalue weighted by Gasteiger charge is 2.42. The van der Waals surface area contributed by atoms with E-state index >= 15 is 0 Å². The number of nitrogens with zero attached hydrogens (tertiary/aromatic N) is 2. The maximum atomic E-state index is 14.4. The summed E-state index contributed by atoms with van der Waals surface area (Å²) in [7, 11) is 0. The monoisotopic (exact) mass is 457 g/mol. The van der Waals surface area contributed by atoms with E-state index < -0.39 is 23.1 Å². The molecule has 7 heteroatoms. The van der Waals surface area contributed by atoms with E-state index in [2.05, 4.69) is 29.3 Å². The molecule has 2 aliphatic heterocycles. The Kier molecular flexibility index (Phi) is 6.47. The van der Waals surface area contributed by atoms with E-state index in [0.717, 1.165) is 43.5 Å². The van der Waals surface area contributed by atoms with E-state index in [1.807, 2.05) is 18.2 Å². The third-order valence-corrected chi connectivity index (χ3v) is 7.35. The van der Waals surface area contributed by atoms with Gasteiger partial charge in [0.25, 0.3) is 5.91 Å². The second-order valence-corrected chi connectivity index (χ2v) is 9.49. The fourth-order valence-electron chi connectivity index (χ4n) is 4.81. The highest BCUT2D eigenvalue weighted by Crippen LogP contribution is 2.41. The number of piperidine rings is 1. The molecule has 0 radical (unpaired) electrons. The van der Waals surface area contributed by atoms with Crippen LogP contribution in [0.4, 0.5) is 8.78 Å². The summed E-state index contributed by atoms with van der Waals surface area (Å²) in [4.78, 5) is 16.6. The molecule has 170 valence electrons. The van der Waals surface area contributed by atoms with Crippen molar-refractivity contribution in [2.45, 2.75) is 39.2 Å². The van der Waals surface area contributed by atoms with Gasteiger partial charge in [-0.2, -0.15) is 0 Å². The molecule has 1 atom stereocenters. The number of amides is 1. The predicted octanol–water partition coefficient (Wildman–Crippen LogP) is 4.84. The number of carbonyl (C=O) groups is 1. The number of rotatable bonds is 3. The number of benzene rings is 2. The van der Waals surface area contributed by atoms with Crippen LogP contribution in [0.1, 0.15) is 53.7 Å². The lowest BCUT2D eigenvalue weighted by molar-refractivity contribution is 0.0589. The van der Waals surface area contributed by atoms with Crippen LogP contribution in [0.5, 0.6) is 0 Å². The van der Waals surface area contributed by atoms with Crippen LogP contribution in [-0.4, -0.2) is 47.0 Å². The van der Waals surface area contributed by atoms with E-state index in [0.29, 0.717) is 13.1 Å². The fourth-order valence-corrected chi connectivity index (χ4v) is 5.15. The van der Waals surface area contributed by atoms with Crippen molar-refractivity contribution in [2.75, 3.05) is 26.2 Å². The maximum absolute atomic E-state index is 14.4. The Morgan fingerprint density at radius 1 is 1.03 bits per heavy atom. The Labute approximate surface area is 193 Å². The number of hydrogen-bond acceptors (Lipinski definition) is 2. The van der Waals surface area contributed by atoms with Gasteiger partial charge in [0, 0.05) is 26.2 Å². The number of halogens is 2. The van der Waals surface area contributed by atoms with Gasteiger partial charge in [0.05, 0.1) is 6.04 Å². The van der Waals surface area contributed by atoms with Crippen LogP contribution < -0.4 is 5.32 Å². The van der Waals surface area contributed by atoms with Gasteiger partial charge >= 0.3 is 0 Å². The van der Waals surface area contributed by atoms with E-state index in [1.54, 1.807) is 11.8 Å². The minimum absolute atomic E-state index is 0.0855. The summed E-state index contributed by atoms with van der Waals surface area (Å²) in [6.07, 6.45) is 2.62. The average molecular weight is 458 g/mol. The second-order valence-electron chi connectivity index (χ2n) is 9.10. The standard InChI is InChI=1S/C25H29F2N3OS/c1-17-8-9-20(26)21(22(17)27)23(31)29-13-10-25(11-14-29)12-15-30(16-25)24(32)28-18(2)19-6-4-3-5-7-19/h3-9,18H,10-16H2,1-2H3,(H,28,32). The predicted molar refractivity (Wildman–Crippen MR) is 125 cm³/mol. The van der Waals surface area contributed by atoms with Gasteiger partial charge in [-0.15, -0.1) is 0 Å². The topological polar surface area (TPSA) is 35.6 Å². The zero-order chi connectivity index (χ0) is 22.9. The Bertz CT molecular complexity index is 1010. The van der Waals surface area contributed by atoms with Gasteiger partial charge in [-0.1, -0.05) is 36.4 Å². The number of thiocarbonyl (C=S) groups is 1. The molecular weight excluding hydrogens is 428 g/mol. The number of nitrogens with one attached hydrogen (secondary N) is 1. The van der Waals surface area contributed by atoms with Gasteiger partial charge < -0.3 is 15.1 Å². The van der Waals surface area contributed by atoms with Gasteiger partial charge in [0.2, 0.25) is 0 Å². The molecule has 32 heavy (non-hydrogen) atoms. The normalized spacial score (nSPS) is 18.6. The number of hydrogen-bond donors (Lipinski definition) is 1. The van der Waals surface area contributed by atoms with Crippen LogP contribution in [0.3, 0.4) is 0 Å². The van der Waals surface area contributed by atoms with Crippen molar-refractivity contribution in [1.29, 1.82) is 0 Å². The Morgan fingerprint density at radius 3 is 2.31 bits per heavy atom. The highest BCUT2D eigenvalue weighted by atomic mass is 32.1. The molecule has 4 rings (SSSR count). The second kappa shape index (κ2) is 9.14. The van der Waals surface area contributed by atoms with Crippen LogP contribution in [0.15, 0.2) is 42.5 Å². The molecule has 2 aliphatic rings. The zero-order valence-electron chi connectivity index (χ0n) is 18.5. The third kappa shape index (κ3) is 4.49. The first-order valence-electron chi connectivity index (χ1n) is 11.1.